The second-order valence-corrected chi connectivity index (χ2v) is 10.6. The van der Waals surface area contributed by atoms with Gasteiger partial charge in [-0.25, -0.2) is 0 Å². The summed E-state index contributed by atoms with van der Waals surface area (Å²) in [5, 5.41) is 49.5. The van der Waals surface area contributed by atoms with Crippen molar-refractivity contribution in [2.75, 3.05) is 45.6 Å². The molecule has 0 spiro atoms. The number of hydrogen-bond donors (Lipinski definition) is 6. The maximum Gasteiger partial charge on any atom is 0.259 e. The first kappa shape index (κ1) is 28.4. The molecule has 210 valence electrons. The van der Waals surface area contributed by atoms with Crippen LogP contribution in [0.2, 0.25) is 0 Å². The molecule has 6 N–H and O–H groups in total. The number of halogens is 1. The van der Waals surface area contributed by atoms with E-state index in [1.54, 1.807) is 39.2 Å². The molecule has 4 rings (SSSR count). The van der Waals surface area contributed by atoms with Crippen LogP contribution in [0.3, 0.4) is 0 Å². The number of aliphatic hydroxyl groups is 3. The van der Waals surface area contributed by atoms with Crippen molar-refractivity contribution in [3.8, 4) is 5.75 Å². The summed E-state index contributed by atoms with van der Waals surface area (Å²) in [5.74, 6) is -7.62. The Labute approximate surface area is 229 Å². The number of ketones is 2. The van der Waals surface area contributed by atoms with Gasteiger partial charge in [-0.3, -0.25) is 24.1 Å². The second-order valence-electron chi connectivity index (χ2n) is 10.4. The Bertz CT molecular complexity index is 1340. The third-order valence-corrected chi connectivity index (χ3v) is 7.94. The molecule has 2 amide bonds. The summed E-state index contributed by atoms with van der Waals surface area (Å²) >= 11 is 5.41. The van der Waals surface area contributed by atoms with Crippen molar-refractivity contribution in [1.82, 2.24) is 15.5 Å². The van der Waals surface area contributed by atoms with Crippen LogP contribution in [0.25, 0.3) is 0 Å². The van der Waals surface area contributed by atoms with E-state index in [9.17, 15) is 39.6 Å². The molecule has 13 heteroatoms. The Morgan fingerprint density at radius 2 is 1.77 bits per heavy atom. The molecule has 12 nitrogen and oxygen atoms in total. The number of carbonyl (C=O) groups is 4. The number of Topliss-reactive ketones (excluding diaryl/α,β-unsaturated/α-hetero) is 2. The van der Waals surface area contributed by atoms with Gasteiger partial charge in [0.15, 0.2) is 11.4 Å². The van der Waals surface area contributed by atoms with E-state index in [2.05, 4.69) is 10.6 Å². The van der Waals surface area contributed by atoms with Gasteiger partial charge in [0.1, 0.15) is 28.7 Å². The molecule has 0 radical (unpaired) electrons. The highest BCUT2D eigenvalue weighted by Gasteiger charge is 2.63. The van der Waals surface area contributed by atoms with Crippen LogP contribution < -0.4 is 15.5 Å². The van der Waals surface area contributed by atoms with Gasteiger partial charge < -0.3 is 36.0 Å². The molecule has 39 heavy (non-hydrogen) atoms. The van der Waals surface area contributed by atoms with Crippen molar-refractivity contribution in [2.45, 2.75) is 24.5 Å². The van der Waals surface area contributed by atoms with E-state index >= 15 is 0 Å². The van der Waals surface area contributed by atoms with Gasteiger partial charge in [0.2, 0.25) is 11.7 Å². The predicted octanol–water partition coefficient (Wildman–Crippen LogP) is 0.130. The van der Waals surface area contributed by atoms with Crippen molar-refractivity contribution in [1.29, 1.82) is 0 Å². The van der Waals surface area contributed by atoms with Gasteiger partial charge in [0.05, 0.1) is 18.3 Å². The topological polar surface area (TPSA) is 180 Å². The predicted molar refractivity (Wildman–Crippen MR) is 141 cm³/mol. The number of alkyl halides is 1. The van der Waals surface area contributed by atoms with Crippen LogP contribution in [-0.4, -0.2) is 101 Å². The van der Waals surface area contributed by atoms with Crippen LogP contribution >= 0.6 is 11.6 Å². The van der Waals surface area contributed by atoms with Crippen molar-refractivity contribution >= 4 is 40.7 Å². The van der Waals surface area contributed by atoms with Crippen molar-refractivity contribution in [3.05, 3.63) is 45.9 Å². The van der Waals surface area contributed by atoms with Crippen LogP contribution in [0.5, 0.6) is 5.75 Å². The normalized spacial score (nSPS) is 26.2. The minimum absolute atomic E-state index is 0.0168. The van der Waals surface area contributed by atoms with E-state index in [1.165, 1.54) is 11.0 Å². The molecule has 1 aromatic carbocycles. The molecule has 3 aliphatic carbocycles. The maximum atomic E-state index is 13.7. The zero-order chi connectivity index (χ0) is 29.0. The SMILES string of the molecule is CN(C)c1ccc(O)c2c1C[C@H]1C[C@H]3[C@H](N(C)C)C(O)=C(C(=O)NCNC(=O)CCl)C(=O)[C@@]3(O)C(O)=C1C2=O. The number of rotatable bonds is 6. The third-order valence-electron chi connectivity index (χ3n) is 7.70. The summed E-state index contributed by atoms with van der Waals surface area (Å²) in [6.07, 6.45) is 0.240. The Morgan fingerprint density at radius 3 is 2.36 bits per heavy atom. The molecule has 0 unspecified atom stereocenters. The lowest BCUT2D eigenvalue weighted by Gasteiger charge is -2.50. The quantitative estimate of drug-likeness (QED) is 0.158. The van der Waals surface area contributed by atoms with Crippen molar-refractivity contribution in [2.24, 2.45) is 11.8 Å². The number of nitrogens with one attached hydrogen (secondary N) is 2. The number of benzene rings is 1. The molecular formula is C26H31ClN4O8. The van der Waals surface area contributed by atoms with E-state index in [0.29, 0.717) is 11.3 Å². The molecular weight excluding hydrogens is 532 g/mol. The summed E-state index contributed by atoms with van der Waals surface area (Å²) in [5.41, 5.74) is -2.49. The standard InChI is InChI=1S/C26H31ClN4O8/c1-30(2)14-5-6-15(32)18-12(14)7-11-8-13-20(31(3)4)22(35)19(25(38)29-10-28-16(33)9-27)24(37)26(13,39)23(36)17(11)21(18)34/h5-6,11,13,20,32,35-36,39H,7-10H2,1-4H3,(H,28,33)(H,29,38)/t11-,13-,20-,26-/m0/s1. The maximum absolute atomic E-state index is 13.7. The van der Waals surface area contributed by atoms with Gasteiger partial charge in [-0.2, -0.15) is 0 Å². The Morgan fingerprint density at radius 1 is 1.10 bits per heavy atom. The Balaban J connectivity index is 1.83. The van der Waals surface area contributed by atoms with E-state index < -0.39 is 70.6 Å². The van der Waals surface area contributed by atoms with E-state index in [4.69, 9.17) is 11.6 Å². The van der Waals surface area contributed by atoms with Gasteiger partial charge in [-0.1, -0.05) is 0 Å². The highest BCUT2D eigenvalue weighted by molar-refractivity contribution is 6.27. The average molecular weight is 563 g/mol. The lowest BCUT2D eigenvalue weighted by molar-refractivity contribution is -0.148. The number of amides is 2. The molecule has 0 heterocycles. The van der Waals surface area contributed by atoms with Gasteiger partial charge in [0, 0.05) is 31.3 Å². The first-order valence-corrected chi connectivity index (χ1v) is 12.8. The first-order chi connectivity index (χ1) is 18.3. The molecule has 0 fully saturated rings. The molecule has 0 aromatic heterocycles. The highest BCUT2D eigenvalue weighted by atomic mass is 35.5. The van der Waals surface area contributed by atoms with Crippen molar-refractivity contribution in [3.63, 3.8) is 0 Å². The Kier molecular flexibility index (Phi) is 7.41. The molecule has 0 saturated heterocycles. The smallest absolute Gasteiger partial charge is 0.259 e. The first-order valence-electron chi connectivity index (χ1n) is 12.2. The zero-order valence-electron chi connectivity index (χ0n) is 21.9. The highest BCUT2D eigenvalue weighted by Crippen LogP contribution is 2.53. The van der Waals surface area contributed by atoms with Crippen LogP contribution in [0.4, 0.5) is 5.69 Å². The summed E-state index contributed by atoms with van der Waals surface area (Å²) in [6, 6.07) is 1.96. The molecule has 0 bridgehead atoms. The largest absolute Gasteiger partial charge is 0.510 e. The number of carbonyl (C=O) groups excluding carboxylic acids is 4. The minimum atomic E-state index is -2.71. The molecule has 4 atom stereocenters. The number of nitrogens with zero attached hydrogens (tertiary/aromatic N) is 2. The summed E-state index contributed by atoms with van der Waals surface area (Å²) in [4.78, 5) is 55.0. The fraction of sp³-hybridized carbons (Fsp3) is 0.462. The van der Waals surface area contributed by atoms with E-state index in [1.807, 2.05) is 0 Å². The summed E-state index contributed by atoms with van der Waals surface area (Å²) in [7, 11) is 6.73. The second kappa shape index (κ2) is 10.2. The fourth-order valence-corrected chi connectivity index (χ4v) is 6.09. The number of hydrogen-bond acceptors (Lipinski definition) is 10. The lowest BCUT2D eigenvalue weighted by atomic mass is 9.58. The number of likely N-dealkylation sites (N-methyl/N-ethyl adjacent to an activating group) is 1. The van der Waals surface area contributed by atoms with Crippen LogP contribution in [0.1, 0.15) is 22.3 Å². The number of phenolic OH excluding ortho intramolecular Hbond substituents is 1. The van der Waals surface area contributed by atoms with Gasteiger partial charge in [0.25, 0.3) is 5.91 Å². The summed E-state index contributed by atoms with van der Waals surface area (Å²) < 4.78 is 0. The van der Waals surface area contributed by atoms with Crippen LogP contribution in [0, 0.1) is 11.8 Å². The van der Waals surface area contributed by atoms with E-state index in [0.717, 1.165) is 0 Å². The number of aliphatic hydroxyl groups excluding tert-OH is 2. The number of phenols is 1. The lowest BCUT2D eigenvalue weighted by Crippen LogP contribution is -2.64. The number of allylic oxidation sites excluding steroid dienone is 1. The van der Waals surface area contributed by atoms with Crippen molar-refractivity contribution < 1.29 is 39.6 Å². The molecule has 0 saturated carbocycles. The minimum Gasteiger partial charge on any atom is -0.510 e. The zero-order valence-corrected chi connectivity index (χ0v) is 22.7. The van der Waals surface area contributed by atoms with Crippen LogP contribution in [-0.2, 0) is 20.8 Å². The molecule has 0 aliphatic heterocycles. The van der Waals surface area contributed by atoms with Gasteiger partial charge >= 0.3 is 0 Å². The van der Waals surface area contributed by atoms with Gasteiger partial charge in [-0.15, -0.1) is 11.6 Å². The van der Waals surface area contributed by atoms with Gasteiger partial charge in [-0.05, 0) is 50.6 Å². The number of fused-ring (bicyclic) bond motifs is 3. The average Bonchev–Trinajstić information content (AvgIpc) is 2.85. The summed E-state index contributed by atoms with van der Waals surface area (Å²) in [6.45, 7) is -0.416. The molecule has 1 aromatic rings. The number of aromatic hydroxyl groups is 1. The third kappa shape index (κ3) is 4.32. The van der Waals surface area contributed by atoms with Crippen LogP contribution in [0.15, 0.2) is 34.8 Å². The monoisotopic (exact) mass is 562 g/mol. The fourth-order valence-electron chi connectivity index (χ4n) is 5.99. The number of anilines is 1. The molecule has 3 aliphatic rings. The van der Waals surface area contributed by atoms with E-state index in [-0.39, 0.29) is 35.6 Å². The Hall–Kier alpha value is -3.61.